The van der Waals surface area contributed by atoms with Crippen molar-refractivity contribution in [2.75, 3.05) is 26.5 Å². The zero-order valence-electron chi connectivity index (χ0n) is 14.0. The summed E-state index contributed by atoms with van der Waals surface area (Å²) in [5.41, 5.74) is 0. The molecule has 0 bridgehead atoms. The number of likely N-dealkylation sites (tertiary alicyclic amines) is 1. The smallest absolute Gasteiger partial charge is 0.231 e. The minimum atomic E-state index is -0.554. The SMILES string of the molecule is O[C@H](COc1ccc2c(c1)OCO2)CN1CCC[C@H]1Cn1cncn1. The molecule has 4 rings (SSSR count). The molecule has 134 valence electrons. The molecule has 1 aromatic heterocycles. The molecule has 0 spiro atoms. The van der Waals surface area contributed by atoms with Gasteiger partial charge in [0.05, 0.1) is 6.54 Å². The highest BCUT2D eigenvalue weighted by Gasteiger charge is 2.27. The third-order valence-corrected chi connectivity index (χ3v) is 4.60. The number of hydrogen-bond donors (Lipinski definition) is 1. The van der Waals surface area contributed by atoms with Gasteiger partial charge in [0.15, 0.2) is 11.5 Å². The molecule has 1 fully saturated rings. The van der Waals surface area contributed by atoms with Gasteiger partial charge in [0.1, 0.15) is 31.1 Å². The van der Waals surface area contributed by atoms with E-state index in [4.69, 9.17) is 14.2 Å². The van der Waals surface area contributed by atoms with Crippen LogP contribution in [0, 0.1) is 0 Å². The molecule has 0 radical (unpaired) electrons. The van der Waals surface area contributed by atoms with Crippen LogP contribution in [0.15, 0.2) is 30.9 Å². The van der Waals surface area contributed by atoms with E-state index in [9.17, 15) is 5.11 Å². The van der Waals surface area contributed by atoms with E-state index in [1.54, 1.807) is 18.7 Å². The average Bonchev–Trinajstić information content (AvgIpc) is 3.35. The third kappa shape index (κ3) is 3.85. The maximum Gasteiger partial charge on any atom is 0.231 e. The Balaban J connectivity index is 1.27. The predicted octanol–water partition coefficient (Wildman–Crippen LogP) is 0.911. The minimum absolute atomic E-state index is 0.240. The quantitative estimate of drug-likeness (QED) is 0.798. The molecule has 3 heterocycles. The number of rotatable bonds is 7. The Bertz CT molecular complexity index is 694. The first-order valence-corrected chi connectivity index (χ1v) is 8.55. The second kappa shape index (κ2) is 7.28. The van der Waals surface area contributed by atoms with Gasteiger partial charge in [0, 0.05) is 18.7 Å². The molecular formula is C17H22N4O4. The molecular weight excluding hydrogens is 324 g/mol. The second-order valence-corrected chi connectivity index (χ2v) is 6.39. The van der Waals surface area contributed by atoms with Gasteiger partial charge < -0.3 is 19.3 Å². The number of ether oxygens (including phenoxy) is 3. The van der Waals surface area contributed by atoms with Crippen molar-refractivity contribution in [2.45, 2.75) is 31.5 Å². The summed E-state index contributed by atoms with van der Waals surface area (Å²) < 4.78 is 18.2. The normalized spacial score (nSPS) is 20.8. The average molecular weight is 346 g/mol. The maximum absolute atomic E-state index is 10.4. The molecule has 1 aromatic carbocycles. The lowest BCUT2D eigenvalue weighted by molar-refractivity contribution is 0.0609. The van der Waals surface area contributed by atoms with Crippen LogP contribution in [-0.4, -0.2) is 63.4 Å². The third-order valence-electron chi connectivity index (χ3n) is 4.60. The zero-order chi connectivity index (χ0) is 17.1. The van der Waals surface area contributed by atoms with Gasteiger partial charge in [-0.25, -0.2) is 4.98 Å². The number of hydrogen-bond acceptors (Lipinski definition) is 7. The Morgan fingerprint density at radius 1 is 1.32 bits per heavy atom. The first-order valence-electron chi connectivity index (χ1n) is 8.55. The summed E-state index contributed by atoms with van der Waals surface area (Å²) in [5, 5.41) is 14.5. The van der Waals surface area contributed by atoms with Crippen molar-refractivity contribution in [1.29, 1.82) is 0 Å². The molecule has 1 N–H and O–H groups in total. The van der Waals surface area contributed by atoms with Crippen LogP contribution in [0.1, 0.15) is 12.8 Å². The first-order chi connectivity index (χ1) is 12.3. The summed E-state index contributed by atoms with van der Waals surface area (Å²) in [6.07, 6.45) is 4.97. The molecule has 8 heteroatoms. The number of β-amino-alcohol motifs (C(OH)–C–C–N with tert-alkyl or cyclic N) is 1. The van der Waals surface area contributed by atoms with E-state index in [0.717, 1.165) is 31.7 Å². The van der Waals surface area contributed by atoms with E-state index in [-0.39, 0.29) is 13.4 Å². The van der Waals surface area contributed by atoms with Crippen molar-refractivity contribution in [3.8, 4) is 17.2 Å². The zero-order valence-corrected chi connectivity index (χ0v) is 14.0. The van der Waals surface area contributed by atoms with Crippen molar-refractivity contribution in [1.82, 2.24) is 19.7 Å². The predicted molar refractivity (Wildman–Crippen MR) is 88.7 cm³/mol. The minimum Gasteiger partial charge on any atom is -0.491 e. The Morgan fingerprint density at radius 3 is 3.12 bits per heavy atom. The molecule has 0 unspecified atom stereocenters. The summed E-state index contributed by atoms with van der Waals surface area (Å²) in [6, 6.07) is 5.81. The van der Waals surface area contributed by atoms with Crippen LogP contribution in [0.5, 0.6) is 17.2 Å². The molecule has 25 heavy (non-hydrogen) atoms. The van der Waals surface area contributed by atoms with Gasteiger partial charge in [0.2, 0.25) is 6.79 Å². The Labute approximate surface area is 145 Å². The number of nitrogens with zero attached hydrogens (tertiary/aromatic N) is 4. The highest BCUT2D eigenvalue weighted by molar-refractivity contribution is 5.46. The van der Waals surface area contributed by atoms with Crippen molar-refractivity contribution < 1.29 is 19.3 Å². The topological polar surface area (TPSA) is 81.9 Å². The fraction of sp³-hybridized carbons (Fsp3) is 0.529. The second-order valence-electron chi connectivity index (χ2n) is 6.39. The molecule has 2 aromatic rings. The van der Waals surface area contributed by atoms with Gasteiger partial charge >= 0.3 is 0 Å². The first kappa shape index (κ1) is 16.2. The van der Waals surface area contributed by atoms with Gasteiger partial charge in [-0.15, -0.1) is 0 Å². The van der Waals surface area contributed by atoms with Crippen molar-refractivity contribution >= 4 is 0 Å². The lowest BCUT2D eigenvalue weighted by Crippen LogP contribution is -2.40. The van der Waals surface area contributed by atoms with Crippen molar-refractivity contribution in [3.63, 3.8) is 0 Å². The van der Waals surface area contributed by atoms with E-state index in [1.165, 1.54) is 0 Å². The van der Waals surface area contributed by atoms with Gasteiger partial charge in [-0.1, -0.05) is 0 Å². The number of aromatic nitrogens is 3. The van der Waals surface area contributed by atoms with Crippen LogP contribution in [0.4, 0.5) is 0 Å². The van der Waals surface area contributed by atoms with Crippen molar-refractivity contribution in [3.05, 3.63) is 30.9 Å². The maximum atomic E-state index is 10.4. The molecule has 2 aliphatic heterocycles. The standard InChI is InChI=1S/C17H22N4O4/c22-14(9-23-15-3-4-16-17(6-15)25-12-24-16)8-20-5-1-2-13(20)7-21-11-18-10-19-21/h3-4,6,10-11,13-14,22H,1-2,5,7-9,12H2/t13-,14-/m0/s1. The van der Waals surface area contributed by atoms with Crippen LogP contribution in [0.25, 0.3) is 0 Å². The number of benzene rings is 1. The summed E-state index contributed by atoms with van der Waals surface area (Å²) in [5.74, 6) is 2.07. The lowest BCUT2D eigenvalue weighted by Gasteiger charge is -2.26. The molecule has 0 amide bonds. The number of fused-ring (bicyclic) bond motifs is 1. The van der Waals surface area contributed by atoms with Crippen LogP contribution < -0.4 is 14.2 Å². The summed E-state index contributed by atoms with van der Waals surface area (Å²) >= 11 is 0. The summed E-state index contributed by atoms with van der Waals surface area (Å²) in [4.78, 5) is 6.28. The van der Waals surface area contributed by atoms with Crippen LogP contribution in [-0.2, 0) is 6.54 Å². The molecule has 2 atom stereocenters. The van der Waals surface area contributed by atoms with Crippen LogP contribution in [0.2, 0.25) is 0 Å². The molecule has 8 nitrogen and oxygen atoms in total. The van der Waals surface area contributed by atoms with Gasteiger partial charge in [-0.2, -0.15) is 5.10 Å². The Kier molecular flexibility index (Phi) is 4.71. The number of aliphatic hydroxyl groups is 1. The van der Waals surface area contributed by atoms with Crippen molar-refractivity contribution in [2.24, 2.45) is 0 Å². The Hall–Kier alpha value is -2.32. The monoisotopic (exact) mass is 346 g/mol. The van der Waals surface area contributed by atoms with E-state index in [1.807, 2.05) is 16.8 Å². The van der Waals surface area contributed by atoms with E-state index in [2.05, 4.69) is 15.0 Å². The number of aliphatic hydroxyl groups excluding tert-OH is 1. The highest BCUT2D eigenvalue weighted by atomic mass is 16.7. The fourth-order valence-electron chi connectivity index (χ4n) is 3.37. The Morgan fingerprint density at radius 2 is 2.24 bits per heavy atom. The van der Waals surface area contributed by atoms with E-state index in [0.29, 0.717) is 24.1 Å². The van der Waals surface area contributed by atoms with Crippen LogP contribution in [0.3, 0.4) is 0 Å². The van der Waals surface area contributed by atoms with Crippen LogP contribution >= 0.6 is 0 Å². The molecule has 0 aliphatic carbocycles. The summed E-state index contributed by atoms with van der Waals surface area (Å²) in [6.45, 7) is 2.86. The molecule has 2 aliphatic rings. The fourth-order valence-corrected chi connectivity index (χ4v) is 3.37. The lowest BCUT2D eigenvalue weighted by atomic mass is 10.2. The van der Waals surface area contributed by atoms with E-state index < -0.39 is 6.10 Å². The van der Waals surface area contributed by atoms with Gasteiger partial charge in [0.25, 0.3) is 0 Å². The molecule has 0 saturated carbocycles. The highest BCUT2D eigenvalue weighted by Crippen LogP contribution is 2.35. The van der Waals surface area contributed by atoms with Gasteiger partial charge in [-0.3, -0.25) is 9.58 Å². The summed E-state index contributed by atoms with van der Waals surface area (Å²) in [7, 11) is 0. The van der Waals surface area contributed by atoms with E-state index >= 15 is 0 Å². The largest absolute Gasteiger partial charge is 0.491 e. The molecule has 1 saturated heterocycles. The van der Waals surface area contributed by atoms with Gasteiger partial charge in [-0.05, 0) is 31.5 Å².